The van der Waals surface area contributed by atoms with E-state index in [0.717, 1.165) is 19.3 Å². The maximum absolute atomic E-state index is 11.7. The second kappa shape index (κ2) is 5.83. The fourth-order valence-corrected chi connectivity index (χ4v) is 3.09. The lowest BCUT2D eigenvalue weighted by atomic mass is 9.98. The molecule has 1 aromatic carbocycles. The molecular formula is C16H21NO3. The quantitative estimate of drug-likeness (QED) is 0.793. The molecule has 1 aliphatic carbocycles. The van der Waals surface area contributed by atoms with E-state index in [-0.39, 0.29) is 12.2 Å². The molecule has 4 nitrogen and oxygen atoms in total. The fraction of sp³-hybridized carbons (Fsp3) is 0.562. The van der Waals surface area contributed by atoms with Gasteiger partial charge in [-0.3, -0.25) is 4.90 Å². The van der Waals surface area contributed by atoms with Crippen LogP contribution in [-0.4, -0.2) is 35.8 Å². The highest BCUT2D eigenvalue weighted by Crippen LogP contribution is 2.42. The summed E-state index contributed by atoms with van der Waals surface area (Å²) in [5.41, 5.74) is 1.20. The number of rotatable bonds is 4. The Morgan fingerprint density at radius 1 is 1.25 bits per heavy atom. The molecule has 3 rings (SSSR count). The van der Waals surface area contributed by atoms with Crippen LogP contribution in [0.4, 0.5) is 4.79 Å². The number of hydrogen-bond donors (Lipinski definition) is 0. The van der Waals surface area contributed by atoms with Gasteiger partial charge in [0, 0.05) is 0 Å². The first-order valence-corrected chi connectivity index (χ1v) is 7.40. The van der Waals surface area contributed by atoms with Crippen molar-refractivity contribution in [3.8, 4) is 0 Å². The van der Waals surface area contributed by atoms with Crippen LogP contribution in [0, 0.1) is 0 Å². The van der Waals surface area contributed by atoms with Crippen LogP contribution in [0.3, 0.4) is 0 Å². The molecule has 0 spiro atoms. The molecule has 1 saturated carbocycles. The van der Waals surface area contributed by atoms with Crippen LogP contribution in [0.25, 0.3) is 0 Å². The molecule has 20 heavy (non-hydrogen) atoms. The van der Waals surface area contributed by atoms with Gasteiger partial charge in [-0.2, -0.15) is 0 Å². The second-order valence-electron chi connectivity index (χ2n) is 5.47. The molecule has 1 saturated heterocycles. The average Bonchev–Trinajstić information content (AvgIpc) is 3.20. The van der Waals surface area contributed by atoms with Crippen LogP contribution >= 0.6 is 0 Å². The Hall–Kier alpha value is -1.55. The van der Waals surface area contributed by atoms with Gasteiger partial charge < -0.3 is 9.47 Å². The smallest absolute Gasteiger partial charge is 0.410 e. The predicted octanol–water partition coefficient (Wildman–Crippen LogP) is 2.97. The molecule has 0 radical (unpaired) electrons. The highest BCUT2D eigenvalue weighted by atomic mass is 16.6. The van der Waals surface area contributed by atoms with Gasteiger partial charge in [0.2, 0.25) is 0 Å². The molecule has 0 bridgehead atoms. The number of amides is 1. The summed E-state index contributed by atoms with van der Waals surface area (Å²) in [6, 6.07) is 10.9. The molecule has 1 aliphatic heterocycles. The summed E-state index contributed by atoms with van der Waals surface area (Å²) in [7, 11) is 0. The molecule has 0 aromatic heterocycles. The molecular weight excluding hydrogens is 254 g/mol. The molecule has 0 unspecified atom stereocenters. The maximum Gasteiger partial charge on any atom is 0.410 e. The third kappa shape index (κ3) is 2.80. The normalized spacial score (nSPS) is 27.9. The van der Waals surface area contributed by atoms with Gasteiger partial charge in [0.15, 0.2) is 0 Å². The lowest BCUT2D eigenvalue weighted by Gasteiger charge is -2.20. The van der Waals surface area contributed by atoms with Crippen molar-refractivity contribution in [3.05, 3.63) is 35.9 Å². The Morgan fingerprint density at radius 2 is 2.05 bits per heavy atom. The van der Waals surface area contributed by atoms with Gasteiger partial charge in [0.25, 0.3) is 0 Å². The summed E-state index contributed by atoms with van der Waals surface area (Å²) >= 11 is 0. The van der Waals surface area contributed by atoms with Crippen molar-refractivity contribution in [2.45, 2.75) is 51.0 Å². The molecule has 3 atom stereocenters. The maximum atomic E-state index is 11.7. The number of carbonyl (C=O) groups is 1. The minimum atomic E-state index is -0.161. The zero-order chi connectivity index (χ0) is 13.9. The van der Waals surface area contributed by atoms with Crippen molar-refractivity contribution in [2.24, 2.45) is 0 Å². The van der Waals surface area contributed by atoms with Gasteiger partial charge >= 0.3 is 6.09 Å². The lowest BCUT2D eigenvalue weighted by molar-refractivity contribution is 0.0218. The Morgan fingerprint density at radius 3 is 2.80 bits per heavy atom. The molecule has 0 N–H and O–H groups in total. The van der Waals surface area contributed by atoms with Gasteiger partial charge in [-0.05, 0) is 31.7 Å². The number of ether oxygens (including phenoxy) is 2. The van der Waals surface area contributed by atoms with Gasteiger partial charge in [0.05, 0.1) is 31.4 Å². The van der Waals surface area contributed by atoms with E-state index in [9.17, 15) is 4.79 Å². The van der Waals surface area contributed by atoms with Crippen LogP contribution in [0.1, 0.15) is 31.7 Å². The monoisotopic (exact) mass is 275 g/mol. The van der Waals surface area contributed by atoms with E-state index >= 15 is 0 Å². The standard InChI is InChI=1S/C16H21NO3/c1-2-19-16(18)17-14-9-8-13(10-15(14)17)20-11-12-6-4-3-5-7-12/h3-7,13-15H,2,8-11H2,1H3/t13-,14+,15-,17?/m0/s1. The minimum absolute atomic E-state index is 0.161. The van der Waals surface area contributed by atoms with Gasteiger partial charge in [-0.15, -0.1) is 0 Å². The first-order valence-electron chi connectivity index (χ1n) is 7.40. The van der Waals surface area contributed by atoms with E-state index in [1.165, 1.54) is 5.56 Å². The van der Waals surface area contributed by atoms with Crippen molar-refractivity contribution < 1.29 is 14.3 Å². The Labute approximate surface area is 119 Å². The Bertz CT molecular complexity index is 462. The van der Waals surface area contributed by atoms with Crippen molar-refractivity contribution in [2.75, 3.05) is 6.61 Å². The number of benzene rings is 1. The summed E-state index contributed by atoms with van der Waals surface area (Å²) in [5.74, 6) is 0. The van der Waals surface area contributed by atoms with Crippen LogP contribution in [-0.2, 0) is 16.1 Å². The number of likely N-dealkylation sites (tertiary alicyclic amines) is 1. The summed E-state index contributed by atoms with van der Waals surface area (Å²) in [6.07, 6.45) is 3.10. The highest BCUT2D eigenvalue weighted by molar-refractivity contribution is 5.72. The third-order valence-corrected chi connectivity index (χ3v) is 4.16. The summed E-state index contributed by atoms with van der Waals surface area (Å²) in [5, 5.41) is 0. The zero-order valence-corrected chi connectivity index (χ0v) is 11.8. The first kappa shape index (κ1) is 13.4. The lowest BCUT2D eigenvalue weighted by Crippen LogP contribution is -2.21. The number of nitrogens with zero attached hydrogens (tertiary/aromatic N) is 1. The first-order chi connectivity index (χ1) is 9.79. The van der Waals surface area contributed by atoms with Gasteiger partial charge in [-0.25, -0.2) is 4.79 Å². The second-order valence-corrected chi connectivity index (χ2v) is 5.47. The summed E-state index contributed by atoms with van der Waals surface area (Å²) in [4.78, 5) is 13.6. The fourth-order valence-electron chi connectivity index (χ4n) is 3.09. The van der Waals surface area contributed by atoms with E-state index in [4.69, 9.17) is 9.47 Å². The van der Waals surface area contributed by atoms with E-state index in [2.05, 4.69) is 12.1 Å². The number of fused-ring (bicyclic) bond motifs is 1. The summed E-state index contributed by atoms with van der Waals surface area (Å²) < 4.78 is 11.0. The van der Waals surface area contributed by atoms with Gasteiger partial charge in [-0.1, -0.05) is 30.3 Å². The van der Waals surface area contributed by atoms with E-state index in [1.54, 1.807) is 0 Å². The third-order valence-electron chi connectivity index (χ3n) is 4.16. The molecule has 2 aliphatic rings. The Kier molecular flexibility index (Phi) is 3.92. The minimum Gasteiger partial charge on any atom is -0.450 e. The molecule has 1 heterocycles. The number of carbonyl (C=O) groups excluding carboxylic acids is 1. The summed E-state index contributed by atoms with van der Waals surface area (Å²) in [6.45, 7) is 2.95. The predicted molar refractivity (Wildman–Crippen MR) is 75.3 cm³/mol. The van der Waals surface area contributed by atoms with Gasteiger partial charge in [0.1, 0.15) is 0 Å². The van der Waals surface area contributed by atoms with Crippen LogP contribution in [0.15, 0.2) is 30.3 Å². The molecule has 108 valence electrons. The van der Waals surface area contributed by atoms with Crippen molar-refractivity contribution in [1.82, 2.24) is 4.90 Å². The highest BCUT2D eigenvalue weighted by Gasteiger charge is 2.54. The molecule has 1 amide bonds. The number of hydrogen-bond acceptors (Lipinski definition) is 3. The average molecular weight is 275 g/mol. The zero-order valence-electron chi connectivity index (χ0n) is 11.8. The molecule has 2 fully saturated rings. The topological polar surface area (TPSA) is 38.5 Å². The molecule has 1 aromatic rings. The van der Waals surface area contributed by atoms with E-state index in [1.807, 2.05) is 30.0 Å². The van der Waals surface area contributed by atoms with Crippen molar-refractivity contribution in [3.63, 3.8) is 0 Å². The largest absolute Gasteiger partial charge is 0.450 e. The Balaban J connectivity index is 1.47. The van der Waals surface area contributed by atoms with Crippen molar-refractivity contribution in [1.29, 1.82) is 0 Å². The molecule has 4 heteroatoms. The van der Waals surface area contributed by atoms with Crippen LogP contribution < -0.4 is 0 Å². The van der Waals surface area contributed by atoms with E-state index < -0.39 is 0 Å². The van der Waals surface area contributed by atoms with Crippen LogP contribution in [0.2, 0.25) is 0 Å². The van der Waals surface area contributed by atoms with E-state index in [0.29, 0.717) is 25.3 Å². The SMILES string of the molecule is CCOC(=O)N1[C@@H]2CC[C@H](OCc3ccccc3)C[C@@H]21. The van der Waals surface area contributed by atoms with Crippen molar-refractivity contribution >= 4 is 6.09 Å². The van der Waals surface area contributed by atoms with Crippen LogP contribution in [0.5, 0.6) is 0 Å².